The molecular weight excluding hydrogens is 433 g/mol. The Labute approximate surface area is 180 Å². The van der Waals surface area contributed by atoms with E-state index < -0.39 is 42.4 Å². The molecule has 0 radical (unpaired) electrons. The lowest BCUT2D eigenvalue weighted by Crippen LogP contribution is -2.34. The van der Waals surface area contributed by atoms with Gasteiger partial charge in [0.1, 0.15) is 36.4 Å². The van der Waals surface area contributed by atoms with Crippen LogP contribution in [0.4, 0.5) is 19.0 Å². The number of hydrogen-bond donors (Lipinski definition) is 4. The van der Waals surface area contributed by atoms with Crippen molar-refractivity contribution in [3.63, 3.8) is 0 Å². The fraction of sp³-hybridized carbons (Fsp3) is 0.400. The Morgan fingerprint density at radius 3 is 2.59 bits per heavy atom. The zero-order valence-electron chi connectivity index (χ0n) is 17.0. The second-order valence-electron chi connectivity index (χ2n) is 7.48. The average Bonchev–Trinajstić information content (AvgIpc) is 3.29. The molecule has 9 nitrogen and oxygen atoms in total. The predicted octanol–water partition coefficient (Wildman–Crippen LogP) is 2.08. The number of aliphatic hydroxyl groups excluding tert-OH is 3. The number of benzene rings is 1. The molecule has 3 heterocycles. The number of alkyl halides is 3. The Hall–Kier alpha value is -2.77. The Kier molecular flexibility index (Phi) is 5.81. The molecule has 1 fully saturated rings. The Morgan fingerprint density at radius 1 is 1.19 bits per heavy atom. The standard InChI is InChI=1S/C20H21F3N4O5/c1-9-7-10(3-4-12(9)20(21,22)23)13(28)16-14(29)15(30)19(32-16)27-6-5-11-17(26-31-2)24-8-25-18(11)27/h3-8,13-16,19,28-30H,1-2H3,(H,24,25,26)/t13-,14+,15-,16-,19-/m1/s1. The van der Waals surface area contributed by atoms with Crippen molar-refractivity contribution in [3.05, 3.63) is 53.5 Å². The molecule has 0 unspecified atom stereocenters. The molecule has 0 amide bonds. The highest BCUT2D eigenvalue weighted by Gasteiger charge is 2.47. The molecule has 4 rings (SSSR count). The number of aromatic nitrogens is 3. The lowest BCUT2D eigenvalue weighted by atomic mass is 9.96. The smallest absolute Gasteiger partial charge is 0.387 e. The third-order valence-corrected chi connectivity index (χ3v) is 5.47. The summed E-state index contributed by atoms with van der Waals surface area (Å²) >= 11 is 0. The van der Waals surface area contributed by atoms with Crippen LogP contribution in [0.5, 0.6) is 0 Å². The second kappa shape index (κ2) is 8.30. The van der Waals surface area contributed by atoms with E-state index in [0.717, 1.165) is 12.1 Å². The monoisotopic (exact) mass is 454 g/mol. The summed E-state index contributed by atoms with van der Waals surface area (Å²) in [6.07, 6.45) is -8.50. The van der Waals surface area contributed by atoms with Gasteiger partial charge in [0.05, 0.1) is 18.1 Å². The molecule has 1 aromatic carbocycles. The third kappa shape index (κ3) is 3.80. The zero-order valence-corrected chi connectivity index (χ0v) is 17.0. The minimum Gasteiger partial charge on any atom is -0.387 e. The van der Waals surface area contributed by atoms with Crippen LogP contribution in [-0.4, -0.2) is 55.3 Å². The Bertz CT molecular complexity index is 1120. The quantitative estimate of drug-likeness (QED) is 0.433. The highest BCUT2D eigenvalue weighted by atomic mass is 19.4. The highest BCUT2D eigenvalue weighted by molar-refractivity contribution is 5.87. The van der Waals surface area contributed by atoms with Gasteiger partial charge in [-0.2, -0.15) is 13.2 Å². The molecule has 0 spiro atoms. The molecular formula is C20H21F3N4O5. The van der Waals surface area contributed by atoms with Crippen LogP contribution in [0, 0.1) is 6.92 Å². The first-order valence-electron chi connectivity index (χ1n) is 9.61. The molecule has 0 aliphatic carbocycles. The maximum Gasteiger partial charge on any atom is 0.416 e. The predicted molar refractivity (Wildman–Crippen MR) is 105 cm³/mol. The Morgan fingerprint density at radius 2 is 1.94 bits per heavy atom. The van der Waals surface area contributed by atoms with Gasteiger partial charge in [-0.1, -0.05) is 12.1 Å². The van der Waals surface area contributed by atoms with Crippen molar-refractivity contribution in [2.45, 2.75) is 43.7 Å². The normalized spacial score (nSPS) is 24.8. The van der Waals surface area contributed by atoms with Crippen LogP contribution < -0.4 is 5.48 Å². The molecule has 4 N–H and O–H groups in total. The molecule has 172 valence electrons. The van der Waals surface area contributed by atoms with Crippen molar-refractivity contribution in [3.8, 4) is 0 Å². The summed E-state index contributed by atoms with van der Waals surface area (Å²) in [6, 6.07) is 4.83. The molecule has 32 heavy (non-hydrogen) atoms. The summed E-state index contributed by atoms with van der Waals surface area (Å²) in [5.74, 6) is 0.376. The van der Waals surface area contributed by atoms with Crippen LogP contribution in [0.3, 0.4) is 0 Å². The van der Waals surface area contributed by atoms with Crippen molar-refractivity contribution >= 4 is 16.9 Å². The van der Waals surface area contributed by atoms with Gasteiger partial charge >= 0.3 is 6.18 Å². The highest BCUT2D eigenvalue weighted by Crippen LogP contribution is 2.39. The van der Waals surface area contributed by atoms with E-state index in [-0.39, 0.29) is 11.1 Å². The fourth-order valence-electron chi connectivity index (χ4n) is 3.91. The first kappa shape index (κ1) is 22.4. The topological polar surface area (TPSA) is 122 Å². The molecule has 0 saturated carbocycles. The van der Waals surface area contributed by atoms with Crippen LogP contribution in [0.25, 0.3) is 11.0 Å². The van der Waals surface area contributed by atoms with Crippen molar-refractivity contribution in [2.24, 2.45) is 0 Å². The molecule has 0 bridgehead atoms. The molecule has 3 aromatic rings. The van der Waals surface area contributed by atoms with Crippen LogP contribution in [0.1, 0.15) is 29.0 Å². The van der Waals surface area contributed by atoms with Crippen LogP contribution in [0.15, 0.2) is 36.8 Å². The van der Waals surface area contributed by atoms with Gasteiger partial charge in [0.25, 0.3) is 0 Å². The fourth-order valence-corrected chi connectivity index (χ4v) is 3.91. The third-order valence-electron chi connectivity index (χ3n) is 5.47. The molecule has 2 aromatic heterocycles. The summed E-state index contributed by atoms with van der Waals surface area (Å²) in [7, 11) is 1.42. The summed E-state index contributed by atoms with van der Waals surface area (Å²) in [5, 5.41) is 32.4. The SMILES string of the molecule is CONc1ncnc2c1ccn2[C@@H]1O[C@H]([C@H](O)c2ccc(C(F)(F)F)c(C)c2)[C@@H](O)[C@H]1O. The number of nitrogens with zero attached hydrogens (tertiary/aromatic N) is 3. The molecule has 1 aliphatic heterocycles. The van der Waals surface area contributed by atoms with E-state index in [1.165, 1.54) is 31.0 Å². The largest absolute Gasteiger partial charge is 0.416 e. The van der Waals surface area contributed by atoms with Gasteiger partial charge in [-0.15, -0.1) is 0 Å². The Balaban J connectivity index is 1.62. The minimum absolute atomic E-state index is 0.0788. The second-order valence-corrected chi connectivity index (χ2v) is 7.48. The van der Waals surface area contributed by atoms with Gasteiger partial charge in [0.15, 0.2) is 12.0 Å². The van der Waals surface area contributed by atoms with Crippen molar-refractivity contribution in [1.29, 1.82) is 0 Å². The number of ether oxygens (including phenoxy) is 1. The van der Waals surface area contributed by atoms with Gasteiger partial charge in [-0.25, -0.2) is 15.4 Å². The van der Waals surface area contributed by atoms with Gasteiger partial charge in [-0.05, 0) is 30.2 Å². The molecule has 12 heteroatoms. The van der Waals surface area contributed by atoms with Crippen LogP contribution >= 0.6 is 0 Å². The van der Waals surface area contributed by atoms with Gasteiger partial charge in [-0.3, -0.25) is 4.84 Å². The number of halogens is 3. The summed E-state index contributed by atoms with van der Waals surface area (Å²) in [6.45, 7) is 1.28. The van der Waals surface area contributed by atoms with E-state index in [2.05, 4.69) is 15.4 Å². The zero-order chi connectivity index (χ0) is 23.2. The number of nitrogens with one attached hydrogen (secondary N) is 1. The van der Waals surface area contributed by atoms with Crippen LogP contribution in [0.2, 0.25) is 0 Å². The lowest BCUT2D eigenvalue weighted by Gasteiger charge is -2.22. The first-order chi connectivity index (χ1) is 15.1. The maximum atomic E-state index is 13.0. The maximum absolute atomic E-state index is 13.0. The summed E-state index contributed by atoms with van der Waals surface area (Å²) < 4.78 is 46.3. The van der Waals surface area contributed by atoms with Crippen molar-refractivity contribution in [1.82, 2.24) is 14.5 Å². The number of rotatable bonds is 5. The molecule has 1 saturated heterocycles. The minimum atomic E-state index is -4.52. The van der Waals surface area contributed by atoms with Crippen molar-refractivity contribution < 1.29 is 38.1 Å². The van der Waals surface area contributed by atoms with E-state index in [4.69, 9.17) is 9.57 Å². The average molecular weight is 454 g/mol. The van der Waals surface area contributed by atoms with Gasteiger partial charge in [0, 0.05) is 6.20 Å². The first-order valence-corrected chi connectivity index (χ1v) is 9.61. The van der Waals surface area contributed by atoms with E-state index in [1.807, 2.05) is 0 Å². The van der Waals surface area contributed by atoms with E-state index in [1.54, 1.807) is 12.3 Å². The summed E-state index contributed by atoms with van der Waals surface area (Å²) in [4.78, 5) is 13.1. The van der Waals surface area contributed by atoms with E-state index in [0.29, 0.717) is 16.9 Å². The number of aryl methyl sites for hydroxylation is 1. The van der Waals surface area contributed by atoms with Crippen molar-refractivity contribution in [2.75, 3.05) is 12.6 Å². The number of anilines is 1. The van der Waals surface area contributed by atoms with E-state index in [9.17, 15) is 28.5 Å². The lowest BCUT2D eigenvalue weighted by molar-refractivity contribution is -0.138. The van der Waals surface area contributed by atoms with Gasteiger partial charge in [0.2, 0.25) is 0 Å². The number of fused-ring (bicyclic) bond motifs is 1. The molecule has 5 atom stereocenters. The van der Waals surface area contributed by atoms with Gasteiger partial charge < -0.3 is 24.6 Å². The summed E-state index contributed by atoms with van der Waals surface area (Å²) in [5.41, 5.74) is 2.20. The molecule has 1 aliphatic rings. The van der Waals surface area contributed by atoms with Crippen LogP contribution in [-0.2, 0) is 15.8 Å². The number of hydrogen-bond acceptors (Lipinski definition) is 8. The van der Waals surface area contributed by atoms with E-state index >= 15 is 0 Å². The number of aliphatic hydroxyl groups is 3.